The number of aliphatic hydroxyl groups excluding tert-OH is 1. The summed E-state index contributed by atoms with van der Waals surface area (Å²) in [5, 5.41) is 37.1. The van der Waals surface area contributed by atoms with Gasteiger partial charge in [-0.2, -0.15) is 0 Å². The predicted octanol–water partition coefficient (Wildman–Crippen LogP) is -0.461. The molecule has 0 spiro atoms. The van der Waals surface area contributed by atoms with Crippen LogP contribution in [0.5, 0.6) is 0 Å². The Kier molecular flexibility index (Phi) is 7.11. The Morgan fingerprint density at radius 2 is 1.33 bits per heavy atom. The van der Waals surface area contributed by atoms with Crippen molar-refractivity contribution in [1.82, 2.24) is 0 Å². The molecule has 1 rings (SSSR count). The number of aliphatic hydroxyl groups is 1. The maximum absolute atomic E-state index is 11.1. The van der Waals surface area contributed by atoms with Crippen molar-refractivity contribution in [2.24, 2.45) is 17.8 Å². The van der Waals surface area contributed by atoms with Crippen LogP contribution in [0.15, 0.2) is 0 Å². The Morgan fingerprint density at radius 3 is 1.79 bits per heavy atom. The van der Waals surface area contributed by atoms with Crippen molar-refractivity contribution in [3.8, 4) is 0 Å². The largest absolute Gasteiger partial charge is 0.481 e. The zero-order valence-corrected chi connectivity index (χ0v) is 13.0. The normalized spacial score (nSPS) is 29.7. The highest BCUT2D eigenvalue weighted by Gasteiger charge is 2.47. The SMILES string of the molecule is CC(=O)OC[C@@H]1OC(O)[C@H](CC(=O)O)[C@@H](CC(=O)O)[C@@H]1CC(=O)O. The number of carbonyl (C=O) groups excluding carboxylic acids is 1. The first-order chi connectivity index (χ1) is 11.1. The molecule has 1 aliphatic rings. The lowest BCUT2D eigenvalue weighted by molar-refractivity contribution is -0.247. The van der Waals surface area contributed by atoms with Crippen LogP contribution in [0.3, 0.4) is 0 Å². The van der Waals surface area contributed by atoms with Gasteiger partial charge in [-0.15, -0.1) is 0 Å². The number of esters is 1. The summed E-state index contributed by atoms with van der Waals surface area (Å²) in [5.41, 5.74) is 0. The zero-order chi connectivity index (χ0) is 18.4. The second-order valence-corrected chi connectivity index (χ2v) is 5.65. The summed E-state index contributed by atoms with van der Waals surface area (Å²) in [6.07, 6.45) is -4.26. The van der Waals surface area contributed by atoms with Crippen molar-refractivity contribution >= 4 is 23.9 Å². The van der Waals surface area contributed by atoms with Crippen LogP contribution in [0.25, 0.3) is 0 Å². The number of ether oxygens (including phenoxy) is 2. The Hall–Kier alpha value is -2.20. The van der Waals surface area contributed by atoms with Crippen molar-refractivity contribution in [2.75, 3.05) is 6.61 Å². The van der Waals surface area contributed by atoms with Crippen LogP contribution >= 0.6 is 0 Å². The van der Waals surface area contributed by atoms with Crippen LogP contribution in [-0.2, 0) is 28.7 Å². The van der Waals surface area contributed by atoms with Crippen LogP contribution in [0, 0.1) is 17.8 Å². The van der Waals surface area contributed by atoms with Gasteiger partial charge in [-0.3, -0.25) is 19.2 Å². The highest BCUT2D eigenvalue weighted by molar-refractivity contribution is 5.70. The molecule has 0 saturated carbocycles. The molecule has 136 valence electrons. The third kappa shape index (κ3) is 5.78. The van der Waals surface area contributed by atoms with Crippen LogP contribution in [0.1, 0.15) is 26.2 Å². The quantitative estimate of drug-likeness (QED) is 0.421. The molecule has 10 nitrogen and oxygen atoms in total. The smallest absolute Gasteiger partial charge is 0.303 e. The minimum absolute atomic E-state index is 0.361. The van der Waals surface area contributed by atoms with E-state index < -0.39 is 73.3 Å². The third-order valence-corrected chi connectivity index (χ3v) is 3.94. The van der Waals surface area contributed by atoms with Gasteiger partial charge in [-0.25, -0.2) is 0 Å². The topological polar surface area (TPSA) is 168 Å². The van der Waals surface area contributed by atoms with Crippen molar-refractivity contribution < 1.29 is 49.1 Å². The Labute approximate surface area is 137 Å². The maximum Gasteiger partial charge on any atom is 0.303 e. The van der Waals surface area contributed by atoms with E-state index in [0.29, 0.717) is 0 Å². The van der Waals surface area contributed by atoms with E-state index >= 15 is 0 Å². The molecule has 0 aliphatic carbocycles. The average Bonchev–Trinajstić information content (AvgIpc) is 2.42. The lowest BCUT2D eigenvalue weighted by atomic mass is 9.71. The van der Waals surface area contributed by atoms with E-state index in [-0.39, 0.29) is 6.61 Å². The minimum Gasteiger partial charge on any atom is -0.481 e. The fraction of sp³-hybridized carbons (Fsp3) is 0.714. The van der Waals surface area contributed by atoms with Crippen molar-refractivity contribution in [2.45, 2.75) is 38.6 Å². The van der Waals surface area contributed by atoms with E-state index in [1.165, 1.54) is 0 Å². The zero-order valence-electron chi connectivity index (χ0n) is 13.0. The number of aliphatic carboxylic acids is 3. The molecule has 1 heterocycles. The predicted molar refractivity (Wildman–Crippen MR) is 74.7 cm³/mol. The minimum atomic E-state index is -1.60. The Balaban J connectivity index is 3.11. The molecule has 24 heavy (non-hydrogen) atoms. The summed E-state index contributed by atoms with van der Waals surface area (Å²) in [6.45, 7) is 0.771. The van der Waals surface area contributed by atoms with Crippen LogP contribution < -0.4 is 0 Å². The third-order valence-electron chi connectivity index (χ3n) is 3.94. The molecule has 0 aromatic heterocycles. The van der Waals surface area contributed by atoms with E-state index in [1.54, 1.807) is 0 Å². The van der Waals surface area contributed by atoms with Gasteiger partial charge in [0.15, 0.2) is 6.29 Å². The number of carbonyl (C=O) groups is 4. The fourth-order valence-electron chi connectivity index (χ4n) is 2.99. The first-order valence-electron chi connectivity index (χ1n) is 7.24. The van der Waals surface area contributed by atoms with Crippen LogP contribution in [-0.4, -0.2) is 63.3 Å². The van der Waals surface area contributed by atoms with E-state index in [0.717, 1.165) is 6.92 Å². The van der Waals surface area contributed by atoms with E-state index in [2.05, 4.69) is 0 Å². The number of carboxylic acids is 3. The Morgan fingerprint density at radius 1 is 0.875 bits per heavy atom. The highest BCUT2D eigenvalue weighted by atomic mass is 16.6. The van der Waals surface area contributed by atoms with E-state index in [1.807, 2.05) is 0 Å². The van der Waals surface area contributed by atoms with Crippen molar-refractivity contribution in [3.05, 3.63) is 0 Å². The molecule has 5 atom stereocenters. The summed E-state index contributed by atoms with van der Waals surface area (Å²) in [6, 6.07) is 0. The number of carboxylic acid groups (broad SMARTS) is 3. The first-order valence-corrected chi connectivity index (χ1v) is 7.24. The van der Waals surface area contributed by atoms with Crippen molar-refractivity contribution in [1.29, 1.82) is 0 Å². The second-order valence-electron chi connectivity index (χ2n) is 5.65. The van der Waals surface area contributed by atoms with Gasteiger partial charge in [-0.1, -0.05) is 0 Å². The van der Waals surface area contributed by atoms with E-state index in [9.17, 15) is 24.3 Å². The van der Waals surface area contributed by atoms with Gasteiger partial charge in [0.05, 0.1) is 18.9 Å². The molecule has 1 saturated heterocycles. The second kappa shape index (κ2) is 8.60. The van der Waals surface area contributed by atoms with Crippen molar-refractivity contribution in [3.63, 3.8) is 0 Å². The molecular weight excluding hydrogens is 328 g/mol. The van der Waals surface area contributed by atoms with Gasteiger partial charge in [0.2, 0.25) is 0 Å². The van der Waals surface area contributed by atoms with Gasteiger partial charge in [0, 0.05) is 25.2 Å². The number of hydrogen-bond donors (Lipinski definition) is 4. The molecule has 0 bridgehead atoms. The molecule has 0 amide bonds. The summed E-state index contributed by atoms with van der Waals surface area (Å²) >= 11 is 0. The molecule has 0 radical (unpaired) electrons. The maximum atomic E-state index is 11.1. The molecule has 4 N–H and O–H groups in total. The molecule has 1 aliphatic heterocycles. The molecule has 1 fully saturated rings. The van der Waals surface area contributed by atoms with Gasteiger partial charge in [-0.05, 0) is 5.92 Å². The van der Waals surface area contributed by atoms with Crippen LogP contribution in [0.2, 0.25) is 0 Å². The summed E-state index contributed by atoms with van der Waals surface area (Å²) < 4.78 is 10.0. The fourth-order valence-corrected chi connectivity index (χ4v) is 2.99. The molecular formula is C14H20O10. The summed E-state index contributed by atoms with van der Waals surface area (Å²) in [5.74, 6) is -7.39. The van der Waals surface area contributed by atoms with Gasteiger partial charge < -0.3 is 29.9 Å². The van der Waals surface area contributed by atoms with E-state index in [4.69, 9.17) is 24.8 Å². The summed E-state index contributed by atoms with van der Waals surface area (Å²) in [7, 11) is 0. The molecule has 10 heteroatoms. The molecule has 0 aromatic rings. The van der Waals surface area contributed by atoms with Crippen LogP contribution in [0.4, 0.5) is 0 Å². The molecule has 1 unspecified atom stereocenters. The monoisotopic (exact) mass is 348 g/mol. The average molecular weight is 348 g/mol. The van der Waals surface area contributed by atoms with Gasteiger partial charge in [0.25, 0.3) is 0 Å². The lowest BCUT2D eigenvalue weighted by Crippen LogP contribution is -2.51. The summed E-state index contributed by atoms with van der Waals surface area (Å²) in [4.78, 5) is 44.1. The van der Waals surface area contributed by atoms with Gasteiger partial charge >= 0.3 is 23.9 Å². The highest BCUT2D eigenvalue weighted by Crippen LogP contribution is 2.40. The number of rotatable bonds is 8. The van der Waals surface area contributed by atoms with Gasteiger partial charge in [0.1, 0.15) is 6.61 Å². The lowest BCUT2D eigenvalue weighted by Gasteiger charge is -2.44. The molecule has 0 aromatic carbocycles. The Bertz CT molecular complexity index is 502. The standard InChI is InChI=1S/C14H20O10/c1-6(15)23-5-10-8(3-12(18)19)7(2-11(16)17)9(4-13(20)21)14(22)24-10/h7-10,14,22H,2-5H2,1H3,(H,16,17)(H,18,19)(H,20,21)/t7-,8-,9+,10-,14?/m0/s1. The number of hydrogen-bond acceptors (Lipinski definition) is 7. The first kappa shape index (κ1) is 19.8.